The van der Waals surface area contributed by atoms with Gasteiger partial charge in [-0.05, 0) is 36.5 Å². The number of benzene rings is 2. The second-order valence-corrected chi connectivity index (χ2v) is 14.0. The first kappa shape index (κ1) is 43.6. The van der Waals surface area contributed by atoms with Crippen molar-refractivity contribution in [2.45, 2.75) is 82.9 Å². The van der Waals surface area contributed by atoms with Gasteiger partial charge in [0.15, 0.2) is 24.3 Å². The number of hydrogen-bond acceptors (Lipinski definition) is 14. The molecule has 6 atom stereocenters. The van der Waals surface area contributed by atoms with E-state index in [0.717, 1.165) is 11.1 Å². The van der Waals surface area contributed by atoms with Crippen LogP contribution in [0.3, 0.4) is 0 Å². The van der Waals surface area contributed by atoms with Gasteiger partial charge in [-0.15, -0.1) is 0 Å². The van der Waals surface area contributed by atoms with Crippen LogP contribution in [-0.4, -0.2) is 119 Å². The van der Waals surface area contributed by atoms with Gasteiger partial charge in [0.05, 0.1) is 18.8 Å². The van der Waals surface area contributed by atoms with Crippen LogP contribution in [0.1, 0.15) is 50.5 Å². The van der Waals surface area contributed by atoms with Crippen molar-refractivity contribution in [1.82, 2.24) is 29.7 Å². The molecule has 0 saturated carbocycles. The first-order valence-corrected chi connectivity index (χ1v) is 18.8. The van der Waals surface area contributed by atoms with E-state index in [1.54, 1.807) is 52.3 Å². The van der Waals surface area contributed by atoms with E-state index in [1.165, 1.54) is 39.2 Å². The predicted octanol–water partition coefficient (Wildman–Crippen LogP) is 4.69. The summed E-state index contributed by atoms with van der Waals surface area (Å²) < 4.78 is 35.9. The van der Waals surface area contributed by atoms with Crippen LogP contribution in [0.25, 0.3) is 11.0 Å². The van der Waals surface area contributed by atoms with Crippen molar-refractivity contribution in [3.63, 3.8) is 0 Å². The zero-order chi connectivity index (χ0) is 42.5. The van der Waals surface area contributed by atoms with E-state index >= 15 is 0 Å². The zero-order valence-electron chi connectivity index (χ0n) is 33.8. The molecule has 0 bridgehead atoms. The molecule has 2 amide bonds. The molecule has 18 nitrogen and oxygen atoms in total. The van der Waals surface area contributed by atoms with Gasteiger partial charge < -0.3 is 48.1 Å². The molecule has 1 aliphatic rings. The van der Waals surface area contributed by atoms with Crippen LogP contribution in [0.2, 0.25) is 0 Å². The van der Waals surface area contributed by atoms with E-state index in [2.05, 4.69) is 20.3 Å². The van der Waals surface area contributed by atoms with Crippen LogP contribution in [0.5, 0.6) is 0 Å². The quantitative estimate of drug-likeness (QED) is 0.0666. The number of alkyl carbamates (subject to hydrolysis) is 1. The number of ether oxygens (including phenoxy) is 6. The van der Waals surface area contributed by atoms with Crippen molar-refractivity contribution in [3.8, 4) is 0 Å². The Bertz CT molecular complexity index is 2080. The molecule has 4 aromatic rings. The van der Waals surface area contributed by atoms with Crippen molar-refractivity contribution in [3.05, 3.63) is 90.4 Å². The smallest absolute Gasteiger partial charge is 0.410 e. The average molecular weight is 816 g/mol. The Kier molecular flexibility index (Phi) is 15.3. The van der Waals surface area contributed by atoms with Crippen LogP contribution >= 0.6 is 0 Å². The van der Waals surface area contributed by atoms with E-state index in [-0.39, 0.29) is 32.5 Å². The number of rotatable bonds is 17. The van der Waals surface area contributed by atoms with Crippen molar-refractivity contribution >= 4 is 53.3 Å². The molecule has 1 aliphatic heterocycles. The number of carbonyl (C=O) groups excluding carboxylic acids is 5. The molecule has 0 aliphatic carbocycles. The monoisotopic (exact) mass is 815 g/mol. The van der Waals surface area contributed by atoms with Gasteiger partial charge in [0.2, 0.25) is 0 Å². The van der Waals surface area contributed by atoms with E-state index in [4.69, 9.17) is 28.4 Å². The lowest BCUT2D eigenvalue weighted by atomic mass is 9.96. The first-order chi connectivity index (χ1) is 28.3. The number of aromatic nitrogens is 3. The highest BCUT2D eigenvalue weighted by Gasteiger charge is 2.51. The summed E-state index contributed by atoms with van der Waals surface area (Å²) in [4.78, 5) is 81.0. The third-order valence-corrected chi connectivity index (χ3v) is 9.39. The van der Waals surface area contributed by atoms with E-state index < -0.39 is 66.7 Å². The minimum absolute atomic E-state index is 0.0118. The topological polar surface area (TPSA) is 202 Å². The van der Waals surface area contributed by atoms with Crippen LogP contribution in [0.15, 0.2) is 84.2 Å². The summed E-state index contributed by atoms with van der Waals surface area (Å²) in [5.74, 6) is -1.69. The van der Waals surface area contributed by atoms with Crippen molar-refractivity contribution in [2.75, 3.05) is 28.3 Å². The number of esters is 3. The molecule has 2 aromatic heterocycles. The Morgan fingerprint density at radius 3 is 2.10 bits per heavy atom. The van der Waals surface area contributed by atoms with Gasteiger partial charge in [-0.3, -0.25) is 9.59 Å². The molecular formula is C41H49N7O11. The molecule has 2 aromatic carbocycles. The minimum Gasteiger partial charge on any atom is -0.467 e. The van der Waals surface area contributed by atoms with Gasteiger partial charge in [-0.25, -0.2) is 29.3 Å². The summed E-state index contributed by atoms with van der Waals surface area (Å²) in [5, 5.41) is 3.15. The number of hydrogen-bond donors (Lipinski definition) is 1. The molecule has 59 heavy (non-hydrogen) atoms. The Hall–Kier alpha value is -6.56. The summed E-state index contributed by atoms with van der Waals surface area (Å²) >= 11 is 0. The second-order valence-electron chi connectivity index (χ2n) is 14.0. The molecule has 1 N–H and O–H groups in total. The minimum atomic E-state index is -1.18. The van der Waals surface area contributed by atoms with Gasteiger partial charge in [0.25, 0.3) is 0 Å². The van der Waals surface area contributed by atoms with Gasteiger partial charge in [0.1, 0.15) is 37.3 Å². The average Bonchev–Trinajstić information content (AvgIpc) is 3.79. The Balaban J connectivity index is 1.44. The number of carbonyl (C=O) groups is 5. The van der Waals surface area contributed by atoms with Crippen LogP contribution in [-0.2, 0) is 56.0 Å². The SMILES string of the molecule is COC(=O)[C@H](CCC(C[C@H]1O[C@@H](n2ccc3c(/N=C/N(C)C)ncnc32)[C@@H](OC(C)=O)C1OC(C)=O)N(C)C(=O)OCc1ccccc1)NC(=O)OCc1ccccc1. The number of amides is 2. The number of methoxy groups -OCH3 is 1. The van der Waals surface area contributed by atoms with Gasteiger partial charge in [-0.2, -0.15) is 0 Å². The Morgan fingerprint density at radius 1 is 0.864 bits per heavy atom. The van der Waals surface area contributed by atoms with Crippen molar-refractivity contribution in [2.24, 2.45) is 4.99 Å². The fourth-order valence-electron chi connectivity index (χ4n) is 6.57. The molecule has 3 heterocycles. The molecule has 1 saturated heterocycles. The predicted molar refractivity (Wildman–Crippen MR) is 212 cm³/mol. The van der Waals surface area contributed by atoms with Crippen LogP contribution < -0.4 is 5.32 Å². The number of nitrogens with one attached hydrogen (secondary N) is 1. The second kappa shape index (κ2) is 20.7. The molecule has 0 radical (unpaired) electrons. The first-order valence-electron chi connectivity index (χ1n) is 18.8. The maximum Gasteiger partial charge on any atom is 0.410 e. The standard InChI is InChI=1S/C41H49N7O11/c1-26(49)57-34-33(59-38(35(34)58-27(2)50)48-20-19-31-36(44-25-46(3)4)42-24-43-37(31)48)21-30(47(5)41(53)56-23-29-15-11-8-12-16-29)17-18-32(39(51)54-6)45-40(52)55-22-28-13-9-7-10-14-28/h7-16,19-20,24-25,30,32-35,38H,17-18,21-23H2,1-6H3,(H,45,52)/b44-25+/t30?,32-,33+,34?,35-,38+/m0/s1. The molecule has 18 heteroatoms. The summed E-state index contributed by atoms with van der Waals surface area (Å²) in [6, 6.07) is 17.9. The molecule has 314 valence electrons. The van der Waals surface area contributed by atoms with Crippen LogP contribution in [0, 0.1) is 0 Å². The Morgan fingerprint density at radius 2 is 1.49 bits per heavy atom. The third kappa shape index (κ3) is 12.0. The Labute approximate surface area is 341 Å². The summed E-state index contributed by atoms with van der Waals surface area (Å²) in [6.07, 6.45) is -1.27. The summed E-state index contributed by atoms with van der Waals surface area (Å²) in [7, 11) is 6.35. The number of fused-ring (bicyclic) bond motifs is 1. The van der Waals surface area contributed by atoms with Gasteiger partial charge in [-0.1, -0.05) is 60.7 Å². The zero-order valence-corrected chi connectivity index (χ0v) is 33.8. The van der Waals surface area contributed by atoms with E-state index in [9.17, 15) is 24.0 Å². The van der Waals surface area contributed by atoms with Crippen molar-refractivity contribution in [1.29, 1.82) is 0 Å². The number of aliphatic imine (C=N–C) groups is 1. The lowest BCUT2D eigenvalue weighted by molar-refractivity contribution is -0.165. The lowest BCUT2D eigenvalue weighted by Gasteiger charge is -2.32. The maximum atomic E-state index is 13.7. The van der Waals surface area contributed by atoms with E-state index in [0.29, 0.717) is 16.9 Å². The number of nitrogens with zero attached hydrogens (tertiary/aromatic N) is 6. The fourth-order valence-corrected chi connectivity index (χ4v) is 6.57. The molecule has 0 spiro atoms. The van der Waals surface area contributed by atoms with Crippen molar-refractivity contribution < 1.29 is 52.4 Å². The largest absolute Gasteiger partial charge is 0.467 e. The molecule has 5 rings (SSSR count). The molecule has 1 fully saturated rings. The fraction of sp³-hybridized carbons (Fsp3) is 0.415. The third-order valence-electron chi connectivity index (χ3n) is 9.39. The highest BCUT2D eigenvalue weighted by atomic mass is 16.6. The normalized spacial score (nSPS) is 18.4. The summed E-state index contributed by atoms with van der Waals surface area (Å²) in [5.41, 5.74) is 1.91. The van der Waals surface area contributed by atoms with Gasteiger partial charge >= 0.3 is 30.1 Å². The summed E-state index contributed by atoms with van der Waals surface area (Å²) in [6.45, 7) is 2.39. The highest BCUT2D eigenvalue weighted by molar-refractivity contribution is 5.87. The van der Waals surface area contributed by atoms with Crippen LogP contribution in [0.4, 0.5) is 15.4 Å². The molecular weight excluding hydrogens is 766 g/mol. The lowest BCUT2D eigenvalue weighted by Crippen LogP contribution is -2.46. The molecule has 2 unspecified atom stereocenters. The maximum absolute atomic E-state index is 13.7. The highest BCUT2D eigenvalue weighted by Crippen LogP contribution is 2.39. The van der Waals surface area contributed by atoms with Gasteiger partial charge in [0, 0.05) is 47.2 Å². The van der Waals surface area contributed by atoms with E-state index in [1.807, 2.05) is 50.5 Å².